The summed E-state index contributed by atoms with van der Waals surface area (Å²) in [6, 6.07) is 10.2. The third-order valence-corrected chi connectivity index (χ3v) is 2.02. The molecule has 1 aromatic carbocycles. The van der Waals surface area contributed by atoms with Crippen molar-refractivity contribution in [3.05, 3.63) is 35.9 Å². The normalized spacial score (nSPS) is 12.7. The summed E-state index contributed by atoms with van der Waals surface area (Å²) in [6.07, 6.45) is 0.296. The molecule has 14 heavy (non-hydrogen) atoms. The van der Waals surface area contributed by atoms with Crippen molar-refractivity contribution in [1.82, 2.24) is 5.32 Å². The Labute approximate surface area is 84.4 Å². The van der Waals surface area contributed by atoms with Crippen molar-refractivity contribution in [2.45, 2.75) is 12.5 Å². The molecule has 0 radical (unpaired) electrons. The Morgan fingerprint density at radius 2 is 1.93 bits per heavy atom. The molecule has 0 aliphatic heterocycles. The van der Waals surface area contributed by atoms with Gasteiger partial charge in [0, 0.05) is 6.54 Å². The second-order valence-electron chi connectivity index (χ2n) is 3.28. The minimum absolute atomic E-state index is 0.182. The average molecular weight is 195 g/mol. The molecule has 78 valence electrons. The van der Waals surface area contributed by atoms with E-state index in [9.17, 15) is 0 Å². The Balaban J connectivity index is 2.10. The van der Waals surface area contributed by atoms with Crippen LogP contribution in [0.2, 0.25) is 0 Å². The molecule has 3 heteroatoms. The summed E-state index contributed by atoms with van der Waals surface area (Å²) in [4.78, 5) is 0. The molecule has 1 aromatic rings. The van der Waals surface area contributed by atoms with Crippen LogP contribution in [0.25, 0.3) is 0 Å². The third kappa shape index (κ3) is 4.37. The Bertz CT molecular complexity index is 238. The van der Waals surface area contributed by atoms with E-state index in [0.717, 1.165) is 13.0 Å². The molecule has 0 heterocycles. The molecule has 0 amide bonds. The third-order valence-electron chi connectivity index (χ3n) is 2.02. The molecule has 0 aliphatic rings. The van der Waals surface area contributed by atoms with Crippen LogP contribution in [0.15, 0.2) is 30.3 Å². The summed E-state index contributed by atoms with van der Waals surface area (Å²) < 4.78 is 0. The quantitative estimate of drug-likeness (QED) is 0.567. The first-order chi connectivity index (χ1) is 6.83. The number of aliphatic hydroxyl groups excluding tert-OH is 2. The van der Waals surface area contributed by atoms with E-state index in [1.165, 1.54) is 5.56 Å². The predicted molar refractivity (Wildman–Crippen MR) is 56.1 cm³/mol. The summed E-state index contributed by atoms with van der Waals surface area (Å²) in [7, 11) is 0. The molecule has 3 N–H and O–H groups in total. The van der Waals surface area contributed by atoms with Gasteiger partial charge in [-0.15, -0.1) is 0 Å². The van der Waals surface area contributed by atoms with Crippen LogP contribution in [-0.4, -0.2) is 36.0 Å². The Morgan fingerprint density at radius 3 is 2.57 bits per heavy atom. The lowest BCUT2D eigenvalue weighted by Crippen LogP contribution is -2.30. The lowest BCUT2D eigenvalue weighted by molar-refractivity contribution is 0.0947. The summed E-state index contributed by atoms with van der Waals surface area (Å²) in [5.74, 6) is 0. The van der Waals surface area contributed by atoms with Gasteiger partial charge in [0.1, 0.15) is 0 Å². The number of hydrogen-bond donors (Lipinski definition) is 3. The smallest absolute Gasteiger partial charge is 0.0894 e. The van der Waals surface area contributed by atoms with Crippen molar-refractivity contribution in [3.8, 4) is 0 Å². The molecule has 0 aromatic heterocycles. The van der Waals surface area contributed by atoms with Gasteiger partial charge < -0.3 is 15.5 Å². The van der Waals surface area contributed by atoms with Crippen LogP contribution >= 0.6 is 0 Å². The summed E-state index contributed by atoms with van der Waals surface area (Å²) in [6.45, 7) is 1.09. The molecule has 0 aliphatic carbocycles. The van der Waals surface area contributed by atoms with Crippen LogP contribution < -0.4 is 5.32 Å². The number of rotatable bonds is 6. The maximum absolute atomic E-state index is 9.04. The van der Waals surface area contributed by atoms with Gasteiger partial charge in [0.15, 0.2) is 0 Å². The number of aliphatic hydroxyl groups is 2. The predicted octanol–water partition coefficient (Wildman–Crippen LogP) is 0.172. The van der Waals surface area contributed by atoms with Gasteiger partial charge in [0.25, 0.3) is 0 Å². The van der Waals surface area contributed by atoms with Gasteiger partial charge in [-0.2, -0.15) is 0 Å². The molecule has 1 atom stereocenters. The minimum Gasteiger partial charge on any atom is -0.394 e. The van der Waals surface area contributed by atoms with Gasteiger partial charge in [-0.05, 0) is 18.5 Å². The zero-order valence-corrected chi connectivity index (χ0v) is 8.19. The van der Waals surface area contributed by atoms with Crippen molar-refractivity contribution in [2.24, 2.45) is 0 Å². The maximum atomic E-state index is 9.04. The Morgan fingerprint density at radius 1 is 1.21 bits per heavy atom. The lowest BCUT2D eigenvalue weighted by atomic mass is 10.1. The highest BCUT2D eigenvalue weighted by Crippen LogP contribution is 1.97. The van der Waals surface area contributed by atoms with Crippen molar-refractivity contribution in [2.75, 3.05) is 19.7 Å². The van der Waals surface area contributed by atoms with Gasteiger partial charge in [0.05, 0.1) is 12.7 Å². The summed E-state index contributed by atoms with van der Waals surface area (Å²) in [5, 5.41) is 20.7. The fourth-order valence-electron chi connectivity index (χ4n) is 1.21. The van der Waals surface area contributed by atoms with E-state index in [1.807, 2.05) is 18.2 Å². The molecule has 0 fully saturated rings. The molecule has 0 saturated heterocycles. The van der Waals surface area contributed by atoms with Gasteiger partial charge in [0.2, 0.25) is 0 Å². The fourth-order valence-corrected chi connectivity index (χ4v) is 1.21. The first kappa shape index (κ1) is 11.2. The van der Waals surface area contributed by atoms with Gasteiger partial charge in [-0.1, -0.05) is 30.3 Å². The van der Waals surface area contributed by atoms with E-state index in [2.05, 4.69) is 17.4 Å². The first-order valence-electron chi connectivity index (χ1n) is 4.86. The molecule has 3 nitrogen and oxygen atoms in total. The number of benzene rings is 1. The largest absolute Gasteiger partial charge is 0.394 e. The summed E-state index contributed by atoms with van der Waals surface area (Å²) >= 11 is 0. The lowest BCUT2D eigenvalue weighted by Gasteiger charge is -2.08. The fraction of sp³-hybridized carbons (Fsp3) is 0.455. The van der Waals surface area contributed by atoms with Crippen LogP contribution in [0.3, 0.4) is 0 Å². The van der Waals surface area contributed by atoms with Gasteiger partial charge >= 0.3 is 0 Å². The average Bonchev–Trinajstić information content (AvgIpc) is 2.25. The second-order valence-corrected chi connectivity index (χ2v) is 3.28. The van der Waals surface area contributed by atoms with Crippen molar-refractivity contribution >= 4 is 0 Å². The van der Waals surface area contributed by atoms with E-state index >= 15 is 0 Å². The van der Waals surface area contributed by atoms with Crippen LogP contribution in [0.5, 0.6) is 0 Å². The van der Waals surface area contributed by atoms with E-state index in [1.54, 1.807) is 0 Å². The Kier molecular flexibility index (Phi) is 5.22. The Hall–Kier alpha value is -0.900. The van der Waals surface area contributed by atoms with Crippen molar-refractivity contribution < 1.29 is 10.2 Å². The zero-order chi connectivity index (χ0) is 10.2. The van der Waals surface area contributed by atoms with E-state index in [-0.39, 0.29) is 6.61 Å². The molecule has 1 rings (SSSR count). The summed E-state index contributed by atoms with van der Waals surface area (Å²) in [5.41, 5.74) is 1.28. The molecule has 0 saturated carbocycles. The van der Waals surface area contributed by atoms with E-state index in [0.29, 0.717) is 6.54 Å². The SMILES string of the molecule is OCC(O)CNCCc1ccccc1. The molecular formula is C11H17NO2. The highest BCUT2D eigenvalue weighted by Gasteiger charge is 1.99. The highest BCUT2D eigenvalue weighted by molar-refractivity contribution is 5.14. The van der Waals surface area contributed by atoms with Crippen LogP contribution in [-0.2, 0) is 6.42 Å². The van der Waals surface area contributed by atoms with Gasteiger partial charge in [-0.25, -0.2) is 0 Å². The molecular weight excluding hydrogens is 178 g/mol. The highest BCUT2D eigenvalue weighted by atomic mass is 16.3. The molecule has 0 spiro atoms. The van der Waals surface area contributed by atoms with E-state index < -0.39 is 6.10 Å². The molecule has 1 unspecified atom stereocenters. The first-order valence-corrected chi connectivity index (χ1v) is 4.86. The van der Waals surface area contributed by atoms with Gasteiger partial charge in [-0.3, -0.25) is 0 Å². The van der Waals surface area contributed by atoms with E-state index in [4.69, 9.17) is 10.2 Å². The number of nitrogens with one attached hydrogen (secondary N) is 1. The maximum Gasteiger partial charge on any atom is 0.0894 e. The van der Waals surface area contributed by atoms with Crippen molar-refractivity contribution in [3.63, 3.8) is 0 Å². The van der Waals surface area contributed by atoms with Crippen LogP contribution in [0, 0.1) is 0 Å². The number of hydrogen-bond acceptors (Lipinski definition) is 3. The molecule has 0 bridgehead atoms. The van der Waals surface area contributed by atoms with Crippen LogP contribution in [0.1, 0.15) is 5.56 Å². The topological polar surface area (TPSA) is 52.5 Å². The monoisotopic (exact) mass is 195 g/mol. The minimum atomic E-state index is -0.647. The van der Waals surface area contributed by atoms with Crippen LogP contribution in [0.4, 0.5) is 0 Å². The second kappa shape index (κ2) is 6.54. The van der Waals surface area contributed by atoms with Crippen molar-refractivity contribution in [1.29, 1.82) is 0 Å². The zero-order valence-electron chi connectivity index (χ0n) is 8.19. The standard InChI is InChI=1S/C11H17NO2/c13-9-11(14)8-12-7-6-10-4-2-1-3-5-10/h1-5,11-14H,6-9H2.